The van der Waals surface area contributed by atoms with E-state index in [2.05, 4.69) is 15.9 Å². The van der Waals surface area contributed by atoms with E-state index < -0.39 is 11.9 Å². The van der Waals surface area contributed by atoms with Gasteiger partial charge in [0.2, 0.25) is 0 Å². The van der Waals surface area contributed by atoms with E-state index in [4.69, 9.17) is 14.5 Å². The molecule has 0 aliphatic carbocycles. The van der Waals surface area contributed by atoms with Crippen molar-refractivity contribution >= 4 is 29.5 Å². The minimum absolute atomic E-state index is 0.0111. The molecule has 0 aliphatic heterocycles. The number of rotatable bonds is 14. The van der Waals surface area contributed by atoms with Crippen LogP contribution in [0.2, 0.25) is 0 Å². The van der Waals surface area contributed by atoms with Gasteiger partial charge in [0, 0.05) is 6.16 Å². The average Bonchev–Trinajstić information content (AvgIpc) is 2.46. The highest BCUT2D eigenvalue weighted by molar-refractivity contribution is 9.10. The Morgan fingerprint density at radius 3 is 1.87 bits per heavy atom. The van der Waals surface area contributed by atoms with Crippen LogP contribution in [-0.2, 0) is 14.1 Å². The number of unbranched alkanes of at least 4 members (excludes halogenated alkanes) is 8. The molecule has 2 N–H and O–H groups in total. The van der Waals surface area contributed by atoms with Crippen molar-refractivity contribution in [2.24, 2.45) is 0 Å². The van der Waals surface area contributed by atoms with Gasteiger partial charge in [-0.15, -0.1) is 0 Å². The Balaban J connectivity index is 3.32. The molecule has 0 heterocycles. The summed E-state index contributed by atoms with van der Waals surface area (Å²) in [6.07, 6.45) is 9.81. The zero-order valence-corrected chi connectivity index (χ0v) is 16.9. The van der Waals surface area contributed by atoms with Crippen LogP contribution in [0, 0.1) is 0 Å². The number of hydrogen-bond acceptors (Lipinski definition) is 3. The van der Waals surface area contributed by atoms with Crippen molar-refractivity contribution in [1.82, 2.24) is 0 Å². The average molecular weight is 415 g/mol. The van der Waals surface area contributed by atoms with Gasteiger partial charge >= 0.3 is 13.6 Å². The van der Waals surface area contributed by atoms with Crippen molar-refractivity contribution in [2.75, 3.05) is 12.8 Å². The quantitative estimate of drug-likeness (QED) is 0.185. The molecule has 0 rings (SSSR count). The first-order valence-corrected chi connectivity index (χ1v) is 11.2. The summed E-state index contributed by atoms with van der Waals surface area (Å²) in [5.74, 6) is -0.185. The Morgan fingerprint density at radius 1 is 1.00 bits per heavy atom. The van der Waals surface area contributed by atoms with Gasteiger partial charge in [-0.3, -0.25) is 9.36 Å². The highest BCUT2D eigenvalue weighted by Gasteiger charge is 2.29. The van der Waals surface area contributed by atoms with Crippen LogP contribution >= 0.6 is 23.5 Å². The Hall–Kier alpha value is 0.1000. The van der Waals surface area contributed by atoms with Crippen LogP contribution in [0.1, 0.15) is 78.1 Å². The van der Waals surface area contributed by atoms with E-state index in [0.29, 0.717) is 19.4 Å². The fourth-order valence-corrected chi connectivity index (χ4v) is 2.87. The summed E-state index contributed by atoms with van der Waals surface area (Å²) in [7, 11) is -3.80. The lowest BCUT2D eigenvalue weighted by Crippen LogP contribution is -2.29. The predicted molar refractivity (Wildman–Crippen MR) is 97.0 cm³/mol. The molecule has 0 fully saturated rings. The van der Waals surface area contributed by atoms with Gasteiger partial charge in [0.25, 0.3) is 0 Å². The Morgan fingerprint density at radius 2 is 1.43 bits per heavy atom. The molecule has 0 aromatic heterocycles. The van der Waals surface area contributed by atoms with Gasteiger partial charge in [0.15, 0.2) is 0 Å². The third kappa shape index (κ3) is 14.2. The number of carbonyl (C=O) groups excluding carboxylic acids is 1. The number of hydrogen-bond donors (Lipinski definition) is 2. The highest BCUT2D eigenvalue weighted by Crippen LogP contribution is 2.35. The molecule has 0 amide bonds. The fraction of sp³-hybridized carbons (Fsp3) is 0.938. The molecule has 1 atom stereocenters. The molecule has 0 aromatic carbocycles. The molecular weight excluding hydrogens is 383 g/mol. The van der Waals surface area contributed by atoms with Gasteiger partial charge in [-0.1, -0.05) is 67.8 Å². The number of halogens is 1. The van der Waals surface area contributed by atoms with E-state index in [1.807, 2.05) is 13.8 Å². The molecule has 0 aromatic rings. The predicted octanol–water partition coefficient (Wildman–Crippen LogP) is 4.78. The topological polar surface area (TPSA) is 83.8 Å². The molecule has 0 saturated heterocycles. The van der Waals surface area contributed by atoms with E-state index in [0.717, 1.165) is 51.4 Å². The van der Waals surface area contributed by atoms with E-state index in [1.54, 1.807) is 0 Å². The summed E-state index contributed by atoms with van der Waals surface area (Å²) in [6, 6.07) is 0. The van der Waals surface area contributed by atoms with Gasteiger partial charge in [0.05, 0.1) is 6.61 Å². The maximum Gasteiger partial charge on any atom is 0.325 e. The summed E-state index contributed by atoms with van der Waals surface area (Å²) in [5, 5.41) is 0. The number of ether oxygens (including phenoxy) is 1. The van der Waals surface area contributed by atoms with Crippen molar-refractivity contribution in [3.63, 3.8) is 0 Å². The molecule has 0 radical (unpaired) electrons. The second-order valence-electron chi connectivity index (χ2n) is 6.26. The standard InChI is InChI=1S/C16H32BrO5P/c1-3-16(2,17)15(18)22-13-11-9-7-5-4-6-8-10-12-14-23(19,20)21/h3-14H2,1-2H3,(H2,19,20,21). The first kappa shape index (κ1) is 23.1. The molecule has 0 aliphatic rings. The lowest BCUT2D eigenvalue weighted by Gasteiger charge is -2.18. The molecule has 23 heavy (non-hydrogen) atoms. The minimum atomic E-state index is -3.80. The molecule has 0 spiro atoms. The Kier molecular flexibility index (Phi) is 12.5. The van der Waals surface area contributed by atoms with Gasteiger partial charge in [0.1, 0.15) is 4.32 Å². The smallest absolute Gasteiger partial charge is 0.325 e. The first-order valence-electron chi connectivity index (χ1n) is 8.60. The van der Waals surface area contributed by atoms with Crippen molar-refractivity contribution in [2.45, 2.75) is 82.4 Å². The summed E-state index contributed by atoms with van der Waals surface area (Å²) < 4.78 is 15.4. The van der Waals surface area contributed by atoms with Crippen LogP contribution in [0.4, 0.5) is 0 Å². The second-order valence-corrected chi connectivity index (χ2v) is 9.78. The zero-order valence-electron chi connectivity index (χ0n) is 14.4. The number of alkyl halides is 1. The molecule has 7 heteroatoms. The number of carbonyl (C=O) groups is 1. The van der Waals surface area contributed by atoms with Crippen LogP contribution in [0.25, 0.3) is 0 Å². The normalized spacial score (nSPS) is 14.5. The monoisotopic (exact) mass is 414 g/mol. The third-order valence-corrected chi connectivity index (χ3v) is 5.70. The van der Waals surface area contributed by atoms with Crippen LogP contribution in [0.5, 0.6) is 0 Å². The van der Waals surface area contributed by atoms with Gasteiger partial charge in [-0.25, -0.2) is 0 Å². The van der Waals surface area contributed by atoms with Gasteiger partial charge in [-0.05, 0) is 26.2 Å². The van der Waals surface area contributed by atoms with E-state index >= 15 is 0 Å². The van der Waals surface area contributed by atoms with Crippen molar-refractivity contribution in [3.05, 3.63) is 0 Å². The molecule has 138 valence electrons. The summed E-state index contributed by atoms with van der Waals surface area (Å²) in [6.45, 7) is 4.26. The van der Waals surface area contributed by atoms with Crippen molar-refractivity contribution in [3.8, 4) is 0 Å². The highest BCUT2D eigenvalue weighted by atomic mass is 79.9. The second kappa shape index (κ2) is 12.5. The largest absolute Gasteiger partial charge is 0.465 e. The molecule has 1 unspecified atom stereocenters. The van der Waals surface area contributed by atoms with Crippen LogP contribution in [-0.4, -0.2) is 32.8 Å². The summed E-state index contributed by atoms with van der Waals surface area (Å²) >= 11 is 3.37. The third-order valence-electron chi connectivity index (χ3n) is 3.92. The van der Waals surface area contributed by atoms with Crippen LogP contribution in [0.3, 0.4) is 0 Å². The minimum Gasteiger partial charge on any atom is -0.465 e. The van der Waals surface area contributed by atoms with Gasteiger partial charge < -0.3 is 14.5 Å². The van der Waals surface area contributed by atoms with E-state index in [1.165, 1.54) is 0 Å². The molecule has 0 bridgehead atoms. The summed E-state index contributed by atoms with van der Waals surface area (Å²) in [5.41, 5.74) is 0. The first-order chi connectivity index (χ1) is 10.7. The zero-order chi connectivity index (χ0) is 17.8. The SMILES string of the molecule is CCC(C)(Br)C(=O)OCCCCCCCCCCCP(=O)(O)O. The van der Waals surface area contributed by atoms with Gasteiger partial charge in [-0.2, -0.15) is 0 Å². The molecule has 0 saturated carbocycles. The molecular formula is C16H32BrO5P. The fourth-order valence-electron chi connectivity index (χ4n) is 2.12. The molecule has 5 nitrogen and oxygen atoms in total. The van der Waals surface area contributed by atoms with Crippen molar-refractivity contribution in [1.29, 1.82) is 0 Å². The van der Waals surface area contributed by atoms with E-state index in [9.17, 15) is 9.36 Å². The Bertz CT molecular complexity index is 367. The lowest BCUT2D eigenvalue weighted by molar-refractivity contribution is -0.146. The Labute approximate surface area is 148 Å². The van der Waals surface area contributed by atoms with Crippen LogP contribution in [0.15, 0.2) is 0 Å². The lowest BCUT2D eigenvalue weighted by atomic mass is 10.1. The van der Waals surface area contributed by atoms with Crippen molar-refractivity contribution < 1.29 is 23.9 Å². The van der Waals surface area contributed by atoms with Crippen LogP contribution < -0.4 is 0 Å². The van der Waals surface area contributed by atoms with E-state index in [-0.39, 0.29) is 12.1 Å². The number of esters is 1. The maximum absolute atomic E-state index is 11.7. The maximum atomic E-state index is 11.7. The summed E-state index contributed by atoms with van der Waals surface area (Å²) in [4.78, 5) is 29.2.